The van der Waals surface area contributed by atoms with E-state index >= 15 is 0 Å². The van der Waals surface area contributed by atoms with Crippen LogP contribution in [0.3, 0.4) is 0 Å². The van der Waals surface area contributed by atoms with Crippen molar-refractivity contribution in [2.75, 3.05) is 25.0 Å². The van der Waals surface area contributed by atoms with Crippen molar-refractivity contribution < 1.29 is 24.3 Å². The van der Waals surface area contributed by atoms with Crippen molar-refractivity contribution in [2.45, 2.75) is 30.6 Å². The number of thioether (sulfide) groups is 1. The van der Waals surface area contributed by atoms with Gasteiger partial charge in [0.25, 0.3) is 0 Å². The van der Waals surface area contributed by atoms with Crippen LogP contribution in [-0.2, 0) is 19.2 Å². The fourth-order valence-corrected chi connectivity index (χ4v) is 14.2. The molecule has 2 atom stereocenters. The Morgan fingerprint density at radius 2 is 1.43 bits per heavy atom. The number of nitrogens with one attached hydrogen (secondary N) is 1. The molecule has 222 valence electrons. The fourth-order valence-electron chi connectivity index (χ4n) is 5.34. The second-order valence-electron chi connectivity index (χ2n) is 10.2. The number of aliphatic carboxylic acids is 1. The van der Waals surface area contributed by atoms with Gasteiger partial charge in [-0.05, 0) is 0 Å². The SMILES string of the molecule is NC(CSC1CC(=O)N(CCCCP(Br)(c2ccccc2)(c2ccccc2)c2ccccc2)C1=O)C(=O)NCC(=O)O. The molecule has 8 nitrogen and oxygen atoms in total. The van der Waals surface area contributed by atoms with E-state index in [1.54, 1.807) is 0 Å². The second kappa shape index (κ2) is 14.0. The monoisotopic (exact) mass is 671 g/mol. The van der Waals surface area contributed by atoms with Crippen molar-refractivity contribution in [3.05, 3.63) is 91.0 Å². The first-order valence-electron chi connectivity index (χ1n) is 13.8. The van der Waals surface area contributed by atoms with E-state index in [0.29, 0.717) is 13.0 Å². The van der Waals surface area contributed by atoms with Crippen LogP contribution in [0.4, 0.5) is 0 Å². The van der Waals surface area contributed by atoms with Crippen molar-refractivity contribution in [3.8, 4) is 0 Å². The molecule has 1 aliphatic heterocycles. The van der Waals surface area contributed by atoms with Gasteiger partial charge >= 0.3 is 243 Å². The van der Waals surface area contributed by atoms with Crippen LogP contribution in [0, 0.1) is 0 Å². The number of benzene rings is 3. The molecule has 11 heteroatoms. The normalized spacial score (nSPS) is 17.0. The van der Waals surface area contributed by atoms with Crippen molar-refractivity contribution in [1.29, 1.82) is 0 Å². The summed E-state index contributed by atoms with van der Waals surface area (Å²) in [7, 11) is 0. The Kier molecular flexibility index (Phi) is 10.6. The van der Waals surface area contributed by atoms with Gasteiger partial charge in [0.05, 0.1) is 0 Å². The third kappa shape index (κ3) is 6.78. The molecule has 1 heterocycles. The Hall–Kier alpha value is -3.04. The molecular weight excluding hydrogens is 637 g/mol. The molecule has 3 amide bonds. The topological polar surface area (TPSA) is 130 Å². The van der Waals surface area contributed by atoms with Crippen molar-refractivity contribution >= 4 is 72.2 Å². The van der Waals surface area contributed by atoms with Crippen molar-refractivity contribution in [1.82, 2.24) is 10.2 Å². The van der Waals surface area contributed by atoms with Gasteiger partial charge in [-0.15, -0.1) is 0 Å². The minimum absolute atomic E-state index is 0.0585. The molecule has 0 radical (unpaired) electrons. The molecule has 1 saturated heterocycles. The minimum atomic E-state index is -3.08. The zero-order valence-electron chi connectivity index (χ0n) is 23.1. The molecule has 0 spiro atoms. The molecule has 1 aliphatic rings. The molecule has 0 aromatic heterocycles. The Morgan fingerprint density at radius 3 is 1.90 bits per heavy atom. The van der Waals surface area contributed by atoms with Crippen LogP contribution in [0.5, 0.6) is 0 Å². The third-order valence-corrected chi connectivity index (χ3v) is 18.9. The number of carbonyl (C=O) groups excluding carboxylic acids is 3. The molecule has 0 bridgehead atoms. The molecule has 4 rings (SSSR count). The van der Waals surface area contributed by atoms with Crippen LogP contribution in [-0.4, -0.2) is 70.0 Å². The first-order chi connectivity index (χ1) is 20.1. The Balaban J connectivity index is 1.45. The number of unbranched alkanes of at least 4 members (excludes halogenated alkanes) is 1. The predicted octanol–water partition coefficient (Wildman–Crippen LogP) is 3.00. The first-order valence-corrected chi connectivity index (χ1v) is 19.2. The molecular formula is C31H35BrN3O5PS. The van der Waals surface area contributed by atoms with E-state index in [4.69, 9.17) is 10.8 Å². The standard InChI is InChI=1S/C31H35BrN3O5PS/c32-41(23-12-4-1-5-13-23,24-14-6-2-7-15-24,25-16-8-3-9-17-25)19-11-10-18-35-28(36)20-27(31(35)40)42-22-26(33)30(39)34-21-29(37)38/h1-9,12-17,26-27H,10-11,18-22,33H2,(H,34,39)(H,37,38). The molecule has 3 aromatic rings. The number of nitrogens with two attached hydrogens (primary N) is 1. The summed E-state index contributed by atoms with van der Waals surface area (Å²) in [5.41, 5.74) is 5.86. The van der Waals surface area contributed by atoms with Gasteiger partial charge in [-0.2, -0.15) is 0 Å². The smallest absolute Gasteiger partial charge is 0.480 e. The number of likely N-dealkylation sites (tertiary alicyclic amines) is 1. The molecule has 2 unspecified atom stereocenters. The van der Waals surface area contributed by atoms with Crippen molar-refractivity contribution in [2.24, 2.45) is 5.73 Å². The average molecular weight is 673 g/mol. The van der Waals surface area contributed by atoms with Crippen molar-refractivity contribution in [3.63, 3.8) is 0 Å². The number of carboxylic acids is 1. The number of amides is 3. The number of hydrogen-bond acceptors (Lipinski definition) is 6. The van der Waals surface area contributed by atoms with Crippen LogP contribution >= 0.6 is 32.6 Å². The molecule has 3 aromatic carbocycles. The zero-order chi connectivity index (χ0) is 30.2. The summed E-state index contributed by atoms with van der Waals surface area (Å²) in [6.45, 7) is -0.207. The maximum atomic E-state index is 13.1. The fraction of sp³-hybridized carbons (Fsp3) is 0.290. The zero-order valence-corrected chi connectivity index (χ0v) is 26.4. The summed E-state index contributed by atoms with van der Waals surface area (Å²) in [4.78, 5) is 49.8. The van der Waals surface area contributed by atoms with E-state index in [-0.39, 0.29) is 24.0 Å². The van der Waals surface area contributed by atoms with Gasteiger partial charge < -0.3 is 5.11 Å². The number of halogens is 1. The van der Waals surface area contributed by atoms with E-state index in [0.717, 1.165) is 24.3 Å². The van der Waals surface area contributed by atoms with Crippen LogP contribution in [0.1, 0.15) is 19.3 Å². The number of rotatable bonds is 14. The van der Waals surface area contributed by atoms with Crippen LogP contribution in [0.15, 0.2) is 91.0 Å². The Morgan fingerprint density at radius 1 is 0.929 bits per heavy atom. The Labute approximate surface area is 258 Å². The van der Waals surface area contributed by atoms with Crippen LogP contribution in [0.2, 0.25) is 0 Å². The number of carbonyl (C=O) groups is 4. The minimum Gasteiger partial charge on any atom is -0.480 e. The van der Waals surface area contributed by atoms with Crippen LogP contribution in [0.25, 0.3) is 0 Å². The molecule has 4 N–H and O–H groups in total. The molecule has 0 saturated carbocycles. The Bertz CT molecular complexity index is 1310. The quantitative estimate of drug-likeness (QED) is 0.137. The molecule has 1 fully saturated rings. The summed E-state index contributed by atoms with van der Waals surface area (Å²) >= 11 is 5.59. The molecule has 0 aliphatic carbocycles. The summed E-state index contributed by atoms with van der Waals surface area (Å²) in [5.74, 6) is -2.17. The number of imide groups is 1. The number of nitrogens with zero attached hydrogens (tertiary/aromatic N) is 1. The van der Waals surface area contributed by atoms with E-state index in [2.05, 4.69) is 93.6 Å². The summed E-state index contributed by atoms with van der Waals surface area (Å²) in [6.07, 6.45) is 2.27. The summed E-state index contributed by atoms with van der Waals surface area (Å²) in [5, 5.41) is 10.9. The average Bonchev–Trinajstić information content (AvgIpc) is 3.29. The van der Waals surface area contributed by atoms with Gasteiger partial charge in [0.15, 0.2) is 0 Å². The third-order valence-electron chi connectivity index (χ3n) is 7.52. The summed E-state index contributed by atoms with van der Waals surface area (Å²) in [6, 6.07) is 30.5. The number of hydrogen-bond donors (Lipinski definition) is 3. The molecule has 42 heavy (non-hydrogen) atoms. The van der Waals surface area contributed by atoms with Crippen LogP contribution < -0.4 is 27.0 Å². The van der Waals surface area contributed by atoms with Gasteiger partial charge in [0, 0.05) is 0 Å². The van der Waals surface area contributed by atoms with E-state index < -0.39 is 35.0 Å². The van der Waals surface area contributed by atoms with E-state index in [1.807, 2.05) is 18.2 Å². The van der Waals surface area contributed by atoms with Gasteiger partial charge in [0.2, 0.25) is 0 Å². The van der Waals surface area contributed by atoms with Gasteiger partial charge in [-0.25, -0.2) is 0 Å². The van der Waals surface area contributed by atoms with E-state index in [1.165, 1.54) is 20.8 Å². The van der Waals surface area contributed by atoms with E-state index in [9.17, 15) is 19.2 Å². The van der Waals surface area contributed by atoms with Gasteiger partial charge in [-0.1, -0.05) is 0 Å². The van der Waals surface area contributed by atoms with Gasteiger partial charge in [-0.3, -0.25) is 4.79 Å². The second-order valence-corrected chi connectivity index (χ2v) is 20.5. The maximum absolute atomic E-state index is 13.1. The first kappa shape index (κ1) is 31.9. The number of carboxylic acid groups (broad SMARTS) is 1. The summed E-state index contributed by atoms with van der Waals surface area (Å²) < 4.78 is 0. The predicted molar refractivity (Wildman–Crippen MR) is 174 cm³/mol. The van der Waals surface area contributed by atoms with Gasteiger partial charge in [0.1, 0.15) is 6.54 Å².